The number of nitrogens with one attached hydrogen (secondary N) is 1. The number of amides is 1. The summed E-state index contributed by atoms with van der Waals surface area (Å²) < 4.78 is 19.9. The van der Waals surface area contributed by atoms with Crippen LogP contribution in [0.4, 0.5) is 4.39 Å². The molecule has 2 aromatic carbocycles. The fraction of sp³-hybridized carbons (Fsp3) is 0.316. The van der Waals surface area contributed by atoms with E-state index in [0.717, 1.165) is 11.3 Å². The van der Waals surface area contributed by atoms with Crippen molar-refractivity contribution in [1.82, 2.24) is 5.32 Å². The second kappa shape index (κ2) is 6.61. The summed E-state index contributed by atoms with van der Waals surface area (Å²) in [5.41, 5.74) is 1.55. The summed E-state index contributed by atoms with van der Waals surface area (Å²) >= 11 is 0. The molecule has 0 saturated carbocycles. The number of hydrogen-bond acceptors (Lipinski definition) is 3. The number of aliphatic hydroxyl groups is 1. The Bertz CT molecular complexity index is 762. The van der Waals surface area contributed by atoms with Crippen LogP contribution in [0.3, 0.4) is 0 Å². The minimum Gasteiger partial charge on any atom is -0.487 e. The quantitative estimate of drug-likeness (QED) is 0.886. The van der Waals surface area contributed by atoms with Crippen LogP contribution < -0.4 is 10.1 Å². The highest BCUT2D eigenvalue weighted by molar-refractivity contribution is 5.94. The lowest BCUT2D eigenvalue weighted by Gasteiger charge is -2.24. The van der Waals surface area contributed by atoms with Gasteiger partial charge in [0.2, 0.25) is 0 Å². The molecule has 1 atom stereocenters. The highest BCUT2D eigenvalue weighted by Gasteiger charge is 2.36. The van der Waals surface area contributed by atoms with E-state index in [1.54, 1.807) is 30.3 Å². The molecule has 1 heterocycles. The Labute approximate surface area is 140 Å². The van der Waals surface area contributed by atoms with Gasteiger partial charge in [0.1, 0.15) is 17.2 Å². The Morgan fingerprint density at radius 1 is 1.33 bits per heavy atom. The fourth-order valence-corrected chi connectivity index (χ4v) is 3.08. The number of halogens is 1. The molecule has 126 valence electrons. The predicted molar refractivity (Wildman–Crippen MR) is 88.7 cm³/mol. The van der Waals surface area contributed by atoms with E-state index in [2.05, 4.69) is 5.32 Å². The molecular formula is C19H20FNO3. The Morgan fingerprint density at radius 3 is 2.88 bits per heavy atom. The van der Waals surface area contributed by atoms with Crippen molar-refractivity contribution in [2.45, 2.75) is 25.4 Å². The van der Waals surface area contributed by atoms with E-state index in [4.69, 9.17) is 9.84 Å². The lowest BCUT2D eigenvalue weighted by atomic mass is 9.91. The second-order valence-electron chi connectivity index (χ2n) is 6.30. The first-order chi connectivity index (χ1) is 11.5. The average molecular weight is 329 g/mol. The van der Waals surface area contributed by atoms with Gasteiger partial charge in [-0.1, -0.05) is 18.2 Å². The summed E-state index contributed by atoms with van der Waals surface area (Å²) in [6, 6.07) is 12.0. The number of carbonyl (C=O) groups excluding carboxylic acids is 1. The SMILES string of the molecule is CC1(Cc2ccccc2F)Cc2cc(C(=O)NCCO)ccc2O1. The van der Waals surface area contributed by atoms with Gasteiger partial charge in [0.15, 0.2) is 0 Å². The molecule has 0 bridgehead atoms. The Kier molecular flexibility index (Phi) is 4.53. The Hall–Kier alpha value is -2.40. The van der Waals surface area contributed by atoms with Crippen LogP contribution in [0.2, 0.25) is 0 Å². The minimum absolute atomic E-state index is 0.0967. The highest BCUT2D eigenvalue weighted by atomic mass is 19.1. The first kappa shape index (κ1) is 16.5. The molecule has 5 heteroatoms. The van der Waals surface area contributed by atoms with E-state index < -0.39 is 5.60 Å². The van der Waals surface area contributed by atoms with Crippen molar-refractivity contribution in [3.05, 3.63) is 65.0 Å². The minimum atomic E-state index is -0.537. The van der Waals surface area contributed by atoms with E-state index in [0.29, 0.717) is 24.0 Å². The van der Waals surface area contributed by atoms with Crippen LogP contribution >= 0.6 is 0 Å². The normalized spacial score (nSPS) is 18.8. The van der Waals surface area contributed by atoms with Gasteiger partial charge >= 0.3 is 0 Å². The van der Waals surface area contributed by atoms with E-state index in [-0.39, 0.29) is 24.9 Å². The van der Waals surface area contributed by atoms with Crippen LogP contribution in [0.5, 0.6) is 5.75 Å². The molecule has 0 spiro atoms. The number of benzene rings is 2. The van der Waals surface area contributed by atoms with Crippen molar-refractivity contribution in [3.63, 3.8) is 0 Å². The smallest absolute Gasteiger partial charge is 0.251 e. The number of rotatable bonds is 5. The van der Waals surface area contributed by atoms with Crippen molar-refractivity contribution in [2.24, 2.45) is 0 Å². The summed E-state index contributed by atoms with van der Waals surface area (Å²) in [6.07, 6.45) is 1.07. The second-order valence-corrected chi connectivity index (χ2v) is 6.30. The monoisotopic (exact) mass is 329 g/mol. The van der Waals surface area contributed by atoms with Crippen LogP contribution in [0.1, 0.15) is 28.4 Å². The molecule has 1 aliphatic rings. The summed E-state index contributed by atoms with van der Waals surface area (Å²) in [4.78, 5) is 12.0. The van der Waals surface area contributed by atoms with Crippen LogP contribution in [0.15, 0.2) is 42.5 Å². The van der Waals surface area contributed by atoms with E-state index in [9.17, 15) is 9.18 Å². The lowest BCUT2D eigenvalue weighted by molar-refractivity contribution is 0.0944. The Morgan fingerprint density at radius 2 is 2.12 bits per heavy atom. The summed E-state index contributed by atoms with van der Waals surface area (Å²) in [5, 5.41) is 11.4. The highest BCUT2D eigenvalue weighted by Crippen LogP contribution is 2.37. The summed E-state index contributed by atoms with van der Waals surface area (Å²) in [7, 11) is 0. The Balaban J connectivity index is 1.76. The maximum absolute atomic E-state index is 13.9. The molecule has 4 nitrogen and oxygen atoms in total. The molecule has 2 aromatic rings. The molecule has 0 aromatic heterocycles. The van der Waals surface area contributed by atoms with Gasteiger partial charge in [0.05, 0.1) is 6.61 Å². The maximum Gasteiger partial charge on any atom is 0.251 e. The first-order valence-corrected chi connectivity index (χ1v) is 7.95. The molecular weight excluding hydrogens is 309 g/mol. The lowest BCUT2D eigenvalue weighted by Crippen LogP contribution is -2.33. The zero-order valence-corrected chi connectivity index (χ0v) is 13.5. The molecule has 0 saturated heterocycles. The van der Waals surface area contributed by atoms with Crippen LogP contribution in [-0.4, -0.2) is 29.8 Å². The van der Waals surface area contributed by atoms with Gasteiger partial charge < -0.3 is 15.2 Å². The summed E-state index contributed by atoms with van der Waals surface area (Å²) in [5.74, 6) is 0.268. The van der Waals surface area contributed by atoms with Gasteiger partial charge in [-0.15, -0.1) is 0 Å². The van der Waals surface area contributed by atoms with Crippen molar-refractivity contribution in [2.75, 3.05) is 13.2 Å². The van der Waals surface area contributed by atoms with E-state index in [1.807, 2.05) is 13.0 Å². The van der Waals surface area contributed by atoms with Gasteiger partial charge in [0, 0.05) is 24.9 Å². The van der Waals surface area contributed by atoms with Gasteiger partial charge in [-0.3, -0.25) is 4.79 Å². The average Bonchev–Trinajstić information content (AvgIpc) is 2.89. The number of hydrogen-bond donors (Lipinski definition) is 2. The fourth-order valence-electron chi connectivity index (χ4n) is 3.08. The van der Waals surface area contributed by atoms with Gasteiger partial charge in [-0.2, -0.15) is 0 Å². The molecule has 24 heavy (non-hydrogen) atoms. The van der Waals surface area contributed by atoms with Crippen LogP contribution in [-0.2, 0) is 12.8 Å². The van der Waals surface area contributed by atoms with Crippen LogP contribution in [0, 0.1) is 5.82 Å². The molecule has 3 rings (SSSR count). The third-order valence-corrected chi connectivity index (χ3v) is 4.16. The third kappa shape index (κ3) is 3.41. The van der Waals surface area contributed by atoms with E-state index >= 15 is 0 Å². The van der Waals surface area contributed by atoms with Crippen molar-refractivity contribution in [1.29, 1.82) is 0 Å². The zero-order chi connectivity index (χ0) is 17.2. The standard InChI is InChI=1S/C19H20FNO3/c1-19(11-14-4-2-3-5-16(14)20)12-15-10-13(6-7-17(15)24-19)18(23)21-8-9-22/h2-7,10,22H,8-9,11-12H2,1H3,(H,21,23). The number of carbonyl (C=O) groups is 1. The van der Waals surface area contributed by atoms with E-state index in [1.165, 1.54) is 6.07 Å². The number of ether oxygens (including phenoxy) is 1. The van der Waals surface area contributed by atoms with Crippen molar-refractivity contribution in [3.8, 4) is 5.75 Å². The maximum atomic E-state index is 13.9. The third-order valence-electron chi connectivity index (χ3n) is 4.16. The number of fused-ring (bicyclic) bond motifs is 1. The zero-order valence-electron chi connectivity index (χ0n) is 13.5. The van der Waals surface area contributed by atoms with Crippen molar-refractivity contribution < 1.29 is 19.0 Å². The molecule has 2 N–H and O–H groups in total. The van der Waals surface area contributed by atoms with Crippen LogP contribution in [0.25, 0.3) is 0 Å². The molecule has 0 radical (unpaired) electrons. The molecule has 1 aliphatic heterocycles. The first-order valence-electron chi connectivity index (χ1n) is 7.95. The topological polar surface area (TPSA) is 58.6 Å². The van der Waals surface area contributed by atoms with Gasteiger partial charge in [-0.25, -0.2) is 4.39 Å². The molecule has 1 unspecified atom stereocenters. The predicted octanol–water partition coefficient (Wildman–Crippen LogP) is 2.48. The summed E-state index contributed by atoms with van der Waals surface area (Å²) in [6.45, 7) is 2.07. The molecule has 1 amide bonds. The number of aliphatic hydroxyl groups excluding tert-OH is 1. The van der Waals surface area contributed by atoms with Crippen molar-refractivity contribution >= 4 is 5.91 Å². The van der Waals surface area contributed by atoms with Gasteiger partial charge in [0.25, 0.3) is 5.91 Å². The molecule has 0 fully saturated rings. The molecule has 0 aliphatic carbocycles. The van der Waals surface area contributed by atoms with Gasteiger partial charge in [-0.05, 0) is 42.3 Å². The largest absolute Gasteiger partial charge is 0.487 e.